The van der Waals surface area contributed by atoms with E-state index in [1.165, 1.54) is 6.07 Å². The number of hydrogen-bond acceptors (Lipinski definition) is 3. The van der Waals surface area contributed by atoms with E-state index in [9.17, 15) is 9.18 Å². The summed E-state index contributed by atoms with van der Waals surface area (Å²) in [4.78, 5) is 20.9. The van der Waals surface area contributed by atoms with E-state index >= 15 is 0 Å². The van der Waals surface area contributed by atoms with E-state index in [0.29, 0.717) is 24.3 Å². The second kappa shape index (κ2) is 8.31. The number of carbonyl (C=O) groups excluding carboxylic acids is 1. The zero-order chi connectivity index (χ0) is 19.3. The number of halogens is 1. The lowest BCUT2D eigenvalue weighted by Crippen LogP contribution is -2.48. The van der Waals surface area contributed by atoms with Gasteiger partial charge in [0.05, 0.1) is 0 Å². The molecule has 1 aliphatic rings. The third kappa shape index (κ3) is 3.94. The first-order valence-electron chi connectivity index (χ1n) is 9.48. The molecule has 1 saturated heterocycles. The maximum absolute atomic E-state index is 14.3. The number of benzene rings is 2. The highest BCUT2D eigenvalue weighted by atomic mass is 19.1. The predicted molar refractivity (Wildman–Crippen MR) is 107 cm³/mol. The van der Waals surface area contributed by atoms with Gasteiger partial charge in [-0.05, 0) is 29.3 Å². The molecule has 142 valence electrons. The van der Waals surface area contributed by atoms with Crippen LogP contribution in [0.4, 0.5) is 4.39 Å². The van der Waals surface area contributed by atoms with Crippen LogP contribution >= 0.6 is 0 Å². The van der Waals surface area contributed by atoms with Crippen LogP contribution in [0, 0.1) is 5.82 Å². The Balaban J connectivity index is 1.44. The fourth-order valence-electron chi connectivity index (χ4n) is 3.60. The van der Waals surface area contributed by atoms with E-state index < -0.39 is 0 Å². The number of hydrogen-bond donors (Lipinski definition) is 0. The Morgan fingerprint density at radius 1 is 0.857 bits per heavy atom. The molecule has 3 aromatic rings. The summed E-state index contributed by atoms with van der Waals surface area (Å²) in [6.07, 6.45) is 1.64. The largest absolute Gasteiger partial charge is 0.335 e. The molecule has 0 atom stereocenters. The van der Waals surface area contributed by atoms with Gasteiger partial charge in [0.1, 0.15) is 11.5 Å². The first kappa shape index (κ1) is 18.3. The van der Waals surface area contributed by atoms with Gasteiger partial charge in [-0.15, -0.1) is 0 Å². The van der Waals surface area contributed by atoms with Gasteiger partial charge in [0.15, 0.2) is 0 Å². The normalized spacial score (nSPS) is 14.8. The van der Waals surface area contributed by atoms with Crippen LogP contribution in [0.25, 0.3) is 11.1 Å². The highest BCUT2D eigenvalue weighted by Gasteiger charge is 2.23. The van der Waals surface area contributed by atoms with Gasteiger partial charge in [-0.2, -0.15) is 0 Å². The fraction of sp³-hybridized carbons (Fsp3) is 0.217. The number of carbonyl (C=O) groups is 1. The van der Waals surface area contributed by atoms with E-state index in [1.807, 2.05) is 53.4 Å². The minimum absolute atomic E-state index is 0.0213. The standard InChI is InChI=1S/C23H22FN3O/c24-21-10-4-3-9-20(21)19-8-2-1-7-18(19)17-26-13-15-27(16-14-26)23(28)22-11-5-6-12-25-22/h1-12H,13-17H2. The van der Waals surface area contributed by atoms with E-state index in [-0.39, 0.29) is 11.7 Å². The van der Waals surface area contributed by atoms with E-state index in [0.717, 1.165) is 30.8 Å². The Hall–Kier alpha value is -3.05. The zero-order valence-electron chi connectivity index (χ0n) is 15.6. The summed E-state index contributed by atoms with van der Waals surface area (Å²) >= 11 is 0. The van der Waals surface area contributed by atoms with Crippen molar-refractivity contribution in [2.24, 2.45) is 0 Å². The lowest BCUT2D eigenvalue weighted by atomic mass is 9.98. The molecule has 1 amide bonds. The lowest BCUT2D eigenvalue weighted by molar-refractivity contribution is 0.0623. The van der Waals surface area contributed by atoms with Gasteiger partial charge in [0, 0.05) is 44.5 Å². The summed E-state index contributed by atoms with van der Waals surface area (Å²) in [5.41, 5.74) is 3.13. The van der Waals surface area contributed by atoms with Crippen molar-refractivity contribution in [3.05, 3.63) is 90.0 Å². The van der Waals surface area contributed by atoms with Gasteiger partial charge in [-0.1, -0.05) is 48.5 Å². The fourth-order valence-corrected chi connectivity index (χ4v) is 3.60. The van der Waals surface area contributed by atoms with E-state index in [1.54, 1.807) is 18.3 Å². The van der Waals surface area contributed by atoms with Crippen molar-refractivity contribution in [2.75, 3.05) is 26.2 Å². The van der Waals surface area contributed by atoms with Crippen LogP contribution in [0.5, 0.6) is 0 Å². The second-order valence-corrected chi connectivity index (χ2v) is 6.92. The van der Waals surface area contributed by atoms with E-state index in [4.69, 9.17) is 0 Å². The number of piperazine rings is 1. The molecule has 5 heteroatoms. The number of amides is 1. The van der Waals surface area contributed by atoms with Gasteiger partial charge < -0.3 is 4.90 Å². The molecule has 1 aliphatic heterocycles. The SMILES string of the molecule is O=C(c1ccccn1)N1CCN(Cc2ccccc2-c2ccccc2F)CC1. The maximum Gasteiger partial charge on any atom is 0.272 e. The molecule has 4 rings (SSSR count). The average molecular weight is 375 g/mol. The van der Waals surface area contributed by atoms with Crippen LogP contribution in [-0.2, 0) is 6.54 Å². The van der Waals surface area contributed by atoms with Gasteiger partial charge in [0.2, 0.25) is 0 Å². The van der Waals surface area contributed by atoms with Crippen molar-refractivity contribution in [3.8, 4) is 11.1 Å². The molecule has 2 heterocycles. The monoisotopic (exact) mass is 375 g/mol. The van der Waals surface area contributed by atoms with Crippen molar-refractivity contribution in [2.45, 2.75) is 6.54 Å². The van der Waals surface area contributed by atoms with Crippen molar-refractivity contribution in [1.29, 1.82) is 0 Å². The van der Waals surface area contributed by atoms with Gasteiger partial charge in [0.25, 0.3) is 5.91 Å². The Labute approximate surface area is 164 Å². The van der Waals surface area contributed by atoms with Gasteiger partial charge in [-0.25, -0.2) is 4.39 Å². The number of nitrogens with zero attached hydrogens (tertiary/aromatic N) is 3. The molecule has 2 aromatic carbocycles. The summed E-state index contributed by atoms with van der Waals surface area (Å²) < 4.78 is 14.3. The molecule has 0 N–H and O–H groups in total. The predicted octanol–water partition coefficient (Wildman–Crippen LogP) is 3.85. The zero-order valence-corrected chi connectivity index (χ0v) is 15.6. The van der Waals surface area contributed by atoms with Crippen molar-refractivity contribution >= 4 is 5.91 Å². The van der Waals surface area contributed by atoms with Gasteiger partial charge in [-0.3, -0.25) is 14.7 Å². The highest BCUT2D eigenvalue weighted by Crippen LogP contribution is 2.27. The summed E-state index contributed by atoms with van der Waals surface area (Å²) in [5, 5.41) is 0. The number of rotatable bonds is 4. The van der Waals surface area contributed by atoms with Crippen LogP contribution in [0.15, 0.2) is 72.9 Å². The molecule has 0 unspecified atom stereocenters. The van der Waals surface area contributed by atoms with Crippen LogP contribution in [0.1, 0.15) is 16.1 Å². The summed E-state index contributed by atoms with van der Waals surface area (Å²) in [5.74, 6) is -0.229. The minimum Gasteiger partial charge on any atom is -0.335 e. The molecule has 28 heavy (non-hydrogen) atoms. The van der Waals surface area contributed by atoms with Gasteiger partial charge >= 0.3 is 0 Å². The molecule has 0 spiro atoms. The molecule has 0 radical (unpaired) electrons. The molecule has 1 aromatic heterocycles. The second-order valence-electron chi connectivity index (χ2n) is 6.92. The molecule has 0 aliphatic carbocycles. The average Bonchev–Trinajstić information content (AvgIpc) is 2.75. The molecule has 0 bridgehead atoms. The van der Waals surface area contributed by atoms with Crippen LogP contribution in [0.2, 0.25) is 0 Å². The minimum atomic E-state index is -0.208. The summed E-state index contributed by atoms with van der Waals surface area (Å²) in [6.45, 7) is 3.62. The molecule has 0 saturated carbocycles. The van der Waals surface area contributed by atoms with E-state index in [2.05, 4.69) is 9.88 Å². The van der Waals surface area contributed by atoms with Crippen LogP contribution < -0.4 is 0 Å². The number of pyridine rings is 1. The third-order valence-electron chi connectivity index (χ3n) is 5.12. The first-order valence-corrected chi connectivity index (χ1v) is 9.48. The summed E-state index contributed by atoms with van der Waals surface area (Å²) in [6, 6.07) is 20.2. The maximum atomic E-state index is 14.3. The molecular formula is C23H22FN3O. The molecule has 1 fully saturated rings. The smallest absolute Gasteiger partial charge is 0.272 e. The first-order chi connectivity index (χ1) is 13.7. The van der Waals surface area contributed by atoms with Crippen LogP contribution in [-0.4, -0.2) is 46.9 Å². The Morgan fingerprint density at radius 2 is 1.54 bits per heavy atom. The Morgan fingerprint density at radius 3 is 2.25 bits per heavy atom. The molecule has 4 nitrogen and oxygen atoms in total. The van der Waals surface area contributed by atoms with Crippen molar-refractivity contribution in [1.82, 2.24) is 14.8 Å². The Kier molecular flexibility index (Phi) is 5.44. The van der Waals surface area contributed by atoms with Crippen LogP contribution in [0.3, 0.4) is 0 Å². The topological polar surface area (TPSA) is 36.4 Å². The summed E-state index contributed by atoms with van der Waals surface area (Å²) in [7, 11) is 0. The lowest BCUT2D eigenvalue weighted by Gasteiger charge is -2.35. The highest BCUT2D eigenvalue weighted by molar-refractivity contribution is 5.92. The molecular weight excluding hydrogens is 353 g/mol. The Bertz CT molecular complexity index is 953. The van der Waals surface area contributed by atoms with Crippen molar-refractivity contribution < 1.29 is 9.18 Å². The number of aromatic nitrogens is 1. The quantitative estimate of drug-likeness (QED) is 0.695. The van der Waals surface area contributed by atoms with Crippen molar-refractivity contribution in [3.63, 3.8) is 0 Å². The third-order valence-corrected chi connectivity index (χ3v) is 5.12.